The van der Waals surface area contributed by atoms with Gasteiger partial charge < -0.3 is 10.5 Å². The molecule has 0 fully saturated rings. The summed E-state index contributed by atoms with van der Waals surface area (Å²) >= 11 is 0. The maximum absolute atomic E-state index is 10.9. The van der Waals surface area contributed by atoms with E-state index in [-0.39, 0.29) is 1.43 Å². The molecule has 0 bridgehead atoms. The minimum atomic E-state index is -0.400. The first-order valence-corrected chi connectivity index (χ1v) is 3.18. The van der Waals surface area contributed by atoms with Crippen molar-refractivity contribution in [3.63, 3.8) is 0 Å². The van der Waals surface area contributed by atoms with Crippen molar-refractivity contribution in [2.45, 2.75) is 0 Å². The first-order valence-electron chi connectivity index (χ1n) is 3.18. The summed E-state index contributed by atoms with van der Waals surface area (Å²) in [5.41, 5.74) is 6.35. The predicted octanol–water partition coefficient (Wildman–Crippen LogP) is 1.30. The van der Waals surface area contributed by atoms with Gasteiger partial charge in [0.2, 0.25) is 0 Å². The predicted molar refractivity (Wildman–Crippen MR) is 44.3 cm³/mol. The number of carbonyl (C=O) groups excluding carboxylic acids is 1. The van der Waals surface area contributed by atoms with E-state index in [0.717, 1.165) is 0 Å². The molecule has 60 valence electrons. The molecule has 0 radical (unpaired) electrons. The van der Waals surface area contributed by atoms with Gasteiger partial charge in [0.25, 0.3) is 0 Å². The van der Waals surface area contributed by atoms with Crippen LogP contribution in [0.5, 0.6) is 0 Å². The van der Waals surface area contributed by atoms with Gasteiger partial charge in [-0.25, -0.2) is 4.79 Å². The Hall–Kier alpha value is -1.51. The number of nitrogens with two attached hydrogens (primary N) is 1. The molecule has 11 heavy (non-hydrogen) atoms. The SMILES string of the molecule is COC(=O)c1ccccc1N.[HH]. The highest BCUT2D eigenvalue weighted by atomic mass is 16.5. The third kappa shape index (κ3) is 1.49. The molecule has 0 unspecified atom stereocenters. The van der Waals surface area contributed by atoms with Gasteiger partial charge in [-0.1, -0.05) is 12.1 Å². The average Bonchev–Trinajstić information content (AvgIpc) is 2.04. The zero-order chi connectivity index (χ0) is 8.27. The van der Waals surface area contributed by atoms with E-state index in [2.05, 4.69) is 4.74 Å². The van der Waals surface area contributed by atoms with Crippen molar-refractivity contribution >= 4 is 11.7 Å². The molecule has 0 aliphatic heterocycles. The van der Waals surface area contributed by atoms with Crippen LogP contribution in [0.1, 0.15) is 11.8 Å². The zero-order valence-corrected chi connectivity index (χ0v) is 6.20. The number of nitrogen functional groups attached to an aromatic ring is 1. The molecule has 3 nitrogen and oxygen atoms in total. The van der Waals surface area contributed by atoms with E-state index in [0.29, 0.717) is 11.3 Å². The molecular formula is C8H11NO2. The Labute approximate surface area is 66.3 Å². The number of carbonyl (C=O) groups is 1. The summed E-state index contributed by atoms with van der Waals surface area (Å²) in [4.78, 5) is 10.9. The third-order valence-electron chi connectivity index (χ3n) is 1.37. The van der Waals surface area contributed by atoms with Crippen molar-refractivity contribution in [1.29, 1.82) is 0 Å². The molecule has 0 saturated carbocycles. The molecule has 0 heterocycles. The fraction of sp³-hybridized carbons (Fsp3) is 0.125. The quantitative estimate of drug-likeness (QED) is 0.488. The van der Waals surface area contributed by atoms with E-state index in [4.69, 9.17) is 5.73 Å². The molecule has 0 saturated heterocycles. The van der Waals surface area contributed by atoms with Crippen molar-refractivity contribution in [2.24, 2.45) is 0 Å². The smallest absolute Gasteiger partial charge is 0.339 e. The van der Waals surface area contributed by atoms with E-state index in [9.17, 15) is 4.79 Å². The van der Waals surface area contributed by atoms with Crippen LogP contribution in [-0.2, 0) is 4.74 Å². The summed E-state index contributed by atoms with van der Waals surface area (Å²) in [6.07, 6.45) is 0. The standard InChI is InChI=1S/C8H9NO2.H2/c1-11-8(10)6-4-2-3-5-7(6)9;/h2-5H,9H2,1H3;1H. The number of rotatable bonds is 1. The number of ether oxygens (including phenoxy) is 1. The van der Waals surface area contributed by atoms with Gasteiger partial charge in [0.05, 0.1) is 12.7 Å². The molecule has 0 aliphatic carbocycles. The fourth-order valence-electron chi connectivity index (χ4n) is 0.793. The second kappa shape index (κ2) is 3.05. The van der Waals surface area contributed by atoms with Crippen LogP contribution < -0.4 is 5.73 Å². The van der Waals surface area contributed by atoms with Crippen LogP contribution in [0.2, 0.25) is 0 Å². The molecular weight excluding hydrogens is 142 g/mol. The Balaban J connectivity index is 0.00000121. The number of benzene rings is 1. The van der Waals surface area contributed by atoms with Gasteiger partial charge in [0, 0.05) is 7.11 Å². The van der Waals surface area contributed by atoms with Crippen LogP contribution in [0.3, 0.4) is 0 Å². The van der Waals surface area contributed by atoms with Crippen LogP contribution in [0.25, 0.3) is 0 Å². The monoisotopic (exact) mass is 153 g/mol. The van der Waals surface area contributed by atoms with E-state index in [1.807, 2.05) is 0 Å². The average molecular weight is 153 g/mol. The van der Waals surface area contributed by atoms with Crippen molar-refractivity contribution in [3.05, 3.63) is 29.8 Å². The number of esters is 1. The van der Waals surface area contributed by atoms with Crippen LogP contribution >= 0.6 is 0 Å². The van der Waals surface area contributed by atoms with Crippen molar-refractivity contribution in [2.75, 3.05) is 12.8 Å². The van der Waals surface area contributed by atoms with Crippen LogP contribution in [-0.4, -0.2) is 13.1 Å². The first kappa shape index (κ1) is 7.60. The molecule has 0 amide bonds. The Morgan fingerprint density at radius 3 is 2.73 bits per heavy atom. The Bertz CT molecular complexity index is 276. The summed E-state index contributed by atoms with van der Waals surface area (Å²) in [6.45, 7) is 0. The summed E-state index contributed by atoms with van der Waals surface area (Å²) in [5, 5.41) is 0. The lowest BCUT2D eigenvalue weighted by molar-refractivity contribution is 0.0602. The van der Waals surface area contributed by atoms with Gasteiger partial charge in [-0.05, 0) is 12.1 Å². The van der Waals surface area contributed by atoms with Crippen molar-refractivity contribution in [1.82, 2.24) is 0 Å². The van der Waals surface area contributed by atoms with E-state index < -0.39 is 5.97 Å². The lowest BCUT2D eigenvalue weighted by Crippen LogP contribution is -2.04. The van der Waals surface area contributed by atoms with E-state index >= 15 is 0 Å². The van der Waals surface area contributed by atoms with Gasteiger partial charge in [0.15, 0.2) is 0 Å². The maximum atomic E-state index is 10.9. The first-order chi connectivity index (χ1) is 5.25. The molecule has 1 aromatic rings. The summed E-state index contributed by atoms with van der Waals surface area (Å²) in [5.74, 6) is -0.400. The van der Waals surface area contributed by atoms with Crippen LogP contribution in [0, 0.1) is 0 Å². The largest absolute Gasteiger partial charge is 0.465 e. The molecule has 1 rings (SSSR count). The number of hydrogen-bond donors (Lipinski definition) is 1. The summed E-state index contributed by atoms with van der Waals surface area (Å²) in [7, 11) is 1.33. The highest BCUT2D eigenvalue weighted by molar-refractivity contribution is 5.94. The molecule has 0 spiro atoms. The number of para-hydroxylation sites is 1. The fourth-order valence-corrected chi connectivity index (χ4v) is 0.793. The van der Waals surface area contributed by atoms with Crippen LogP contribution in [0.4, 0.5) is 5.69 Å². The highest BCUT2D eigenvalue weighted by Crippen LogP contribution is 2.10. The lowest BCUT2D eigenvalue weighted by Gasteiger charge is -2.00. The van der Waals surface area contributed by atoms with E-state index in [1.165, 1.54) is 7.11 Å². The van der Waals surface area contributed by atoms with Gasteiger partial charge in [-0.2, -0.15) is 0 Å². The second-order valence-electron chi connectivity index (χ2n) is 2.08. The zero-order valence-electron chi connectivity index (χ0n) is 6.20. The van der Waals surface area contributed by atoms with Crippen molar-refractivity contribution < 1.29 is 11.0 Å². The summed E-state index contributed by atoms with van der Waals surface area (Å²) in [6, 6.07) is 6.79. The number of hydrogen-bond acceptors (Lipinski definition) is 3. The number of methoxy groups -OCH3 is 1. The second-order valence-corrected chi connectivity index (χ2v) is 2.08. The lowest BCUT2D eigenvalue weighted by atomic mass is 10.2. The van der Waals surface area contributed by atoms with Gasteiger partial charge >= 0.3 is 5.97 Å². The maximum Gasteiger partial charge on any atom is 0.339 e. The Kier molecular flexibility index (Phi) is 2.11. The highest BCUT2D eigenvalue weighted by Gasteiger charge is 2.06. The minimum absolute atomic E-state index is 0. The van der Waals surface area contributed by atoms with E-state index in [1.54, 1.807) is 24.3 Å². The molecule has 0 aromatic heterocycles. The Morgan fingerprint density at radius 1 is 1.55 bits per heavy atom. The van der Waals surface area contributed by atoms with Gasteiger partial charge in [-0.3, -0.25) is 0 Å². The van der Waals surface area contributed by atoms with Crippen molar-refractivity contribution in [3.8, 4) is 0 Å². The van der Waals surface area contributed by atoms with Gasteiger partial charge in [-0.15, -0.1) is 0 Å². The molecule has 0 aliphatic rings. The van der Waals surface area contributed by atoms with Gasteiger partial charge in [0.1, 0.15) is 0 Å². The molecule has 2 N–H and O–H groups in total. The minimum Gasteiger partial charge on any atom is -0.465 e. The molecule has 1 aromatic carbocycles. The molecule has 3 heteroatoms. The van der Waals surface area contributed by atoms with Crippen LogP contribution in [0.15, 0.2) is 24.3 Å². The topological polar surface area (TPSA) is 52.3 Å². The molecule has 0 atom stereocenters. The third-order valence-corrected chi connectivity index (χ3v) is 1.37. The normalized spacial score (nSPS) is 9.18. The summed E-state index contributed by atoms with van der Waals surface area (Å²) < 4.78 is 4.50. The Morgan fingerprint density at radius 2 is 2.18 bits per heavy atom. The number of anilines is 1.